The van der Waals surface area contributed by atoms with Crippen molar-refractivity contribution in [2.75, 3.05) is 0 Å². The smallest absolute Gasteiger partial charge is 0.312 e. The van der Waals surface area contributed by atoms with Gasteiger partial charge in [-0.25, -0.2) is 0 Å². The van der Waals surface area contributed by atoms with E-state index in [1.165, 1.54) is 33.7 Å². The lowest BCUT2D eigenvalue weighted by Crippen LogP contribution is -1.95. The first kappa shape index (κ1) is 23.1. The lowest BCUT2D eigenvalue weighted by atomic mass is 10.3. The number of hydrogen-bond donors (Lipinski definition) is 0. The van der Waals surface area contributed by atoms with Gasteiger partial charge < -0.3 is 9.47 Å². The van der Waals surface area contributed by atoms with E-state index in [0.29, 0.717) is 21.3 Å². The fraction of sp³-hybridized carbons (Fsp3) is 0. The van der Waals surface area contributed by atoms with Crippen LogP contribution in [0.5, 0.6) is 23.0 Å². The van der Waals surface area contributed by atoms with E-state index in [4.69, 9.17) is 9.47 Å². The number of benzene rings is 4. The van der Waals surface area contributed by atoms with E-state index in [1.807, 2.05) is 12.1 Å². The Kier molecular flexibility index (Phi) is 7.31. The Morgan fingerprint density at radius 3 is 1.26 bits per heavy atom. The third kappa shape index (κ3) is 5.48. The van der Waals surface area contributed by atoms with Crippen LogP contribution in [0.2, 0.25) is 0 Å². The molecule has 4 rings (SSSR count). The summed E-state index contributed by atoms with van der Waals surface area (Å²) in [5, 5.41) is 23.3. The molecule has 0 aliphatic heterocycles. The standard InChI is InChI=1S/C24H16N2O6S2/c27-25(28)19-13-7-15-21(23(19)31-17-9-3-1-4-10-17)33-34-22-16-8-14-20(26(29)30)24(22)32-18-11-5-2-6-12-18/h1-16H. The van der Waals surface area contributed by atoms with Gasteiger partial charge in [0.05, 0.1) is 19.6 Å². The summed E-state index contributed by atoms with van der Waals surface area (Å²) in [4.78, 5) is 23.2. The average Bonchev–Trinajstić information content (AvgIpc) is 2.85. The topological polar surface area (TPSA) is 105 Å². The van der Waals surface area contributed by atoms with Gasteiger partial charge >= 0.3 is 11.4 Å². The Morgan fingerprint density at radius 1 is 0.529 bits per heavy atom. The Hall–Kier alpha value is -4.02. The maximum absolute atomic E-state index is 11.6. The molecule has 34 heavy (non-hydrogen) atoms. The molecule has 0 spiro atoms. The zero-order chi connectivity index (χ0) is 23.9. The second kappa shape index (κ2) is 10.7. The molecule has 0 unspecified atom stereocenters. The molecule has 0 aliphatic rings. The van der Waals surface area contributed by atoms with Gasteiger partial charge in [0, 0.05) is 12.1 Å². The van der Waals surface area contributed by atoms with Crippen molar-refractivity contribution in [3.63, 3.8) is 0 Å². The molecule has 0 aromatic heterocycles. The molecule has 0 N–H and O–H groups in total. The lowest BCUT2D eigenvalue weighted by Gasteiger charge is -2.13. The number of rotatable bonds is 9. The first-order valence-electron chi connectivity index (χ1n) is 9.88. The summed E-state index contributed by atoms with van der Waals surface area (Å²) in [5.74, 6) is 1.08. The molecular formula is C24H16N2O6S2. The maximum Gasteiger partial charge on any atom is 0.312 e. The van der Waals surface area contributed by atoms with Gasteiger partial charge in [-0.1, -0.05) is 48.5 Å². The largest absolute Gasteiger partial charge is 0.449 e. The predicted octanol–water partition coefficient (Wildman–Crippen LogP) is 7.89. The molecule has 8 nitrogen and oxygen atoms in total. The summed E-state index contributed by atoms with van der Waals surface area (Å²) in [7, 11) is 2.36. The van der Waals surface area contributed by atoms with Gasteiger partial charge in [-0.3, -0.25) is 20.2 Å². The highest BCUT2D eigenvalue weighted by Crippen LogP contribution is 2.50. The third-order valence-electron chi connectivity index (χ3n) is 4.46. The third-order valence-corrected chi connectivity index (χ3v) is 6.87. The van der Waals surface area contributed by atoms with E-state index < -0.39 is 9.85 Å². The minimum atomic E-state index is -0.510. The fourth-order valence-corrected chi connectivity index (χ4v) is 5.15. The highest BCUT2D eigenvalue weighted by atomic mass is 33.1. The van der Waals surface area contributed by atoms with E-state index >= 15 is 0 Å². The maximum atomic E-state index is 11.6. The number of nitrogens with zero attached hydrogens (tertiary/aromatic N) is 2. The second-order valence-corrected chi connectivity index (χ2v) is 8.93. The minimum Gasteiger partial charge on any atom is -0.449 e. The van der Waals surface area contributed by atoms with Crippen LogP contribution in [-0.4, -0.2) is 9.85 Å². The van der Waals surface area contributed by atoms with Crippen LogP contribution >= 0.6 is 21.6 Å². The Balaban J connectivity index is 1.67. The molecule has 4 aromatic carbocycles. The molecular weight excluding hydrogens is 476 g/mol. The SMILES string of the molecule is O=[N+]([O-])c1cccc(SSc2cccc([N+](=O)[O-])c2Oc2ccccc2)c1Oc1ccccc1. The van der Waals surface area contributed by atoms with Gasteiger partial charge in [-0.2, -0.15) is 0 Å². The van der Waals surface area contributed by atoms with Gasteiger partial charge in [0.25, 0.3) is 0 Å². The van der Waals surface area contributed by atoms with Crippen LogP contribution in [0.15, 0.2) is 107 Å². The first-order chi connectivity index (χ1) is 16.5. The normalized spacial score (nSPS) is 10.5. The fourth-order valence-electron chi connectivity index (χ4n) is 2.94. The summed E-state index contributed by atoms with van der Waals surface area (Å²) in [6.07, 6.45) is 0. The molecule has 0 heterocycles. The molecule has 0 atom stereocenters. The van der Waals surface area contributed by atoms with Crippen molar-refractivity contribution in [2.45, 2.75) is 9.79 Å². The van der Waals surface area contributed by atoms with Crippen molar-refractivity contribution in [1.82, 2.24) is 0 Å². The van der Waals surface area contributed by atoms with Gasteiger partial charge in [0.2, 0.25) is 11.5 Å². The number of nitro groups is 2. The molecule has 0 aliphatic carbocycles. The first-order valence-corrected chi connectivity index (χ1v) is 12.0. The van der Waals surface area contributed by atoms with Crippen LogP contribution in [0, 0.1) is 20.2 Å². The van der Waals surface area contributed by atoms with Crippen LogP contribution in [0.3, 0.4) is 0 Å². The number of para-hydroxylation sites is 4. The second-order valence-electron chi connectivity index (χ2n) is 6.72. The zero-order valence-electron chi connectivity index (χ0n) is 17.4. The number of hydrogen-bond acceptors (Lipinski definition) is 8. The van der Waals surface area contributed by atoms with E-state index in [1.54, 1.807) is 72.8 Å². The quantitative estimate of drug-likeness (QED) is 0.132. The van der Waals surface area contributed by atoms with Crippen molar-refractivity contribution >= 4 is 33.0 Å². The Labute approximate surface area is 202 Å². The van der Waals surface area contributed by atoms with E-state index in [9.17, 15) is 20.2 Å². The highest BCUT2D eigenvalue weighted by molar-refractivity contribution is 8.76. The average molecular weight is 493 g/mol. The van der Waals surface area contributed by atoms with Gasteiger partial charge in [-0.05, 0) is 58.0 Å². The summed E-state index contributed by atoms with van der Waals surface area (Å²) in [6, 6.07) is 26.7. The van der Waals surface area contributed by atoms with Crippen molar-refractivity contribution in [2.24, 2.45) is 0 Å². The Morgan fingerprint density at radius 2 is 0.912 bits per heavy atom. The van der Waals surface area contributed by atoms with Gasteiger partial charge in [0.15, 0.2) is 0 Å². The molecule has 0 radical (unpaired) electrons. The predicted molar refractivity (Wildman–Crippen MR) is 131 cm³/mol. The van der Waals surface area contributed by atoms with Crippen LogP contribution in [0.25, 0.3) is 0 Å². The van der Waals surface area contributed by atoms with E-state index in [2.05, 4.69) is 0 Å². The molecule has 0 saturated carbocycles. The highest BCUT2D eigenvalue weighted by Gasteiger charge is 2.24. The van der Waals surface area contributed by atoms with Gasteiger partial charge in [-0.15, -0.1) is 0 Å². The van der Waals surface area contributed by atoms with Crippen molar-refractivity contribution in [3.05, 3.63) is 117 Å². The molecule has 0 saturated heterocycles. The van der Waals surface area contributed by atoms with E-state index in [0.717, 1.165) is 0 Å². The molecule has 4 aromatic rings. The van der Waals surface area contributed by atoms with Crippen molar-refractivity contribution in [3.8, 4) is 23.0 Å². The van der Waals surface area contributed by atoms with Gasteiger partial charge in [0.1, 0.15) is 11.5 Å². The summed E-state index contributed by atoms with van der Waals surface area (Å²) in [5.41, 5.74) is -0.372. The molecule has 0 bridgehead atoms. The van der Waals surface area contributed by atoms with Crippen LogP contribution < -0.4 is 9.47 Å². The van der Waals surface area contributed by atoms with E-state index in [-0.39, 0.29) is 22.9 Å². The number of ether oxygens (including phenoxy) is 2. The molecule has 10 heteroatoms. The van der Waals surface area contributed by atoms with Crippen LogP contribution in [0.4, 0.5) is 11.4 Å². The monoisotopic (exact) mass is 492 g/mol. The lowest BCUT2D eigenvalue weighted by molar-refractivity contribution is -0.386. The van der Waals surface area contributed by atoms with Crippen LogP contribution in [-0.2, 0) is 0 Å². The minimum absolute atomic E-state index is 0.0900. The molecule has 0 fully saturated rings. The summed E-state index contributed by atoms with van der Waals surface area (Å²) < 4.78 is 11.7. The number of nitro benzene ring substituents is 2. The van der Waals surface area contributed by atoms with Crippen molar-refractivity contribution in [1.29, 1.82) is 0 Å². The molecule has 0 amide bonds. The summed E-state index contributed by atoms with van der Waals surface area (Å²) in [6.45, 7) is 0. The van der Waals surface area contributed by atoms with Crippen molar-refractivity contribution < 1.29 is 19.3 Å². The Bertz CT molecular complexity index is 1220. The molecule has 170 valence electrons. The van der Waals surface area contributed by atoms with Crippen LogP contribution in [0.1, 0.15) is 0 Å². The zero-order valence-corrected chi connectivity index (χ0v) is 19.0. The summed E-state index contributed by atoms with van der Waals surface area (Å²) >= 11 is 0.